The zero-order valence-electron chi connectivity index (χ0n) is 16.8. The first-order chi connectivity index (χ1) is 14.9. The molecule has 0 bridgehead atoms. The van der Waals surface area contributed by atoms with Gasteiger partial charge in [-0.2, -0.15) is 0 Å². The van der Waals surface area contributed by atoms with Gasteiger partial charge >= 0.3 is 0 Å². The van der Waals surface area contributed by atoms with E-state index in [0.717, 1.165) is 11.8 Å². The number of ketones is 1. The molecule has 0 saturated heterocycles. The highest BCUT2D eigenvalue weighted by Crippen LogP contribution is 2.20. The third kappa shape index (κ3) is 5.45. The van der Waals surface area contributed by atoms with Crippen LogP contribution in [0.4, 0.5) is 5.69 Å². The van der Waals surface area contributed by atoms with Crippen molar-refractivity contribution in [3.05, 3.63) is 75.6 Å². The number of benzene rings is 2. The Labute approximate surface area is 181 Å². The average molecular weight is 441 g/mol. The van der Waals surface area contributed by atoms with Gasteiger partial charge in [0.1, 0.15) is 5.75 Å². The summed E-state index contributed by atoms with van der Waals surface area (Å²) >= 11 is 1.16. The van der Waals surface area contributed by atoms with Gasteiger partial charge in [-0.05, 0) is 24.3 Å². The summed E-state index contributed by atoms with van der Waals surface area (Å²) in [6, 6.07) is 12.3. The summed E-state index contributed by atoms with van der Waals surface area (Å²) in [6.07, 6.45) is 0. The molecule has 0 aliphatic rings. The van der Waals surface area contributed by atoms with E-state index < -0.39 is 4.92 Å². The van der Waals surface area contributed by atoms with Crippen molar-refractivity contribution in [2.75, 3.05) is 12.9 Å². The minimum atomic E-state index is -0.543. The van der Waals surface area contributed by atoms with Crippen molar-refractivity contribution in [1.29, 1.82) is 0 Å². The number of ether oxygens (including phenoxy) is 1. The predicted octanol–water partition coefficient (Wildman–Crippen LogP) is 2.64. The fourth-order valence-corrected chi connectivity index (χ4v) is 3.46. The van der Waals surface area contributed by atoms with Crippen molar-refractivity contribution >= 4 is 29.1 Å². The molecule has 31 heavy (non-hydrogen) atoms. The van der Waals surface area contributed by atoms with Crippen molar-refractivity contribution in [2.24, 2.45) is 7.05 Å². The normalized spacial score (nSPS) is 10.5. The average Bonchev–Trinajstić information content (AvgIpc) is 3.15. The van der Waals surface area contributed by atoms with Crippen LogP contribution in [0.1, 0.15) is 26.5 Å². The standard InChI is InChI=1S/C20H19N5O5S/c1-24-18(11-21-19(27)13-6-8-16(30-2)9-7-13)22-23-20(24)31-12-17(26)14-4-3-5-15(10-14)25(28)29/h3-10H,11-12H2,1-2H3,(H,21,27). The monoisotopic (exact) mass is 441 g/mol. The van der Waals surface area contributed by atoms with Gasteiger partial charge in [-0.1, -0.05) is 23.9 Å². The number of aromatic nitrogens is 3. The van der Waals surface area contributed by atoms with Gasteiger partial charge in [0.2, 0.25) is 0 Å². The Kier molecular flexibility index (Phi) is 6.98. The highest BCUT2D eigenvalue weighted by molar-refractivity contribution is 7.99. The Balaban J connectivity index is 1.57. The topological polar surface area (TPSA) is 129 Å². The number of nitrogens with zero attached hydrogens (tertiary/aromatic N) is 4. The largest absolute Gasteiger partial charge is 0.497 e. The summed E-state index contributed by atoms with van der Waals surface area (Å²) in [4.78, 5) is 35.0. The summed E-state index contributed by atoms with van der Waals surface area (Å²) in [5, 5.41) is 22.2. The van der Waals surface area contributed by atoms with E-state index in [-0.39, 0.29) is 35.2 Å². The van der Waals surface area contributed by atoms with Gasteiger partial charge in [0.15, 0.2) is 16.8 Å². The maximum Gasteiger partial charge on any atom is 0.270 e. The van der Waals surface area contributed by atoms with Crippen LogP contribution < -0.4 is 10.1 Å². The first kappa shape index (κ1) is 22.0. The van der Waals surface area contributed by atoms with Gasteiger partial charge in [-0.15, -0.1) is 10.2 Å². The molecule has 0 radical (unpaired) electrons. The lowest BCUT2D eigenvalue weighted by Crippen LogP contribution is -2.24. The molecule has 3 rings (SSSR count). The highest BCUT2D eigenvalue weighted by atomic mass is 32.2. The number of hydrogen-bond acceptors (Lipinski definition) is 8. The Morgan fingerprint density at radius 1 is 1.16 bits per heavy atom. The number of amides is 1. The molecule has 0 saturated carbocycles. The lowest BCUT2D eigenvalue weighted by molar-refractivity contribution is -0.384. The van der Waals surface area contributed by atoms with Gasteiger partial charge in [-0.25, -0.2) is 0 Å². The first-order valence-electron chi connectivity index (χ1n) is 9.10. The number of carbonyl (C=O) groups is 2. The van der Waals surface area contributed by atoms with Crippen molar-refractivity contribution in [3.8, 4) is 5.75 Å². The number of rotatable bonds is 9. The van der Waals surface area contributed by atoms with E-state index in [9.17, 15) is 19.7 Å². The summed E-state index contributed by atoms with van der Waals surface area (Å²) in [7, 11) is 3.28. The Bertz CT molecular complexity index is 1110. The number of Topliss-reactive ketones (excluding diaryl/α,β-unsaturated/α-hetero) is 1. The molecule has 3 aromatic rings. The Hall–Kier alpha value is -3.73. The number of thioether (sulfide) groups is 1. The fourth-order valence-electron chi connectivity index (χ4n) is 2.63. The van der Waals surface area contributed by atoms with Gasteiger partial charge in [0.05, 0.1) is 24.3 Å². The van der Waals surface area contributed by atoms with Crippen molar-refractivity contribution < 1.29 is 19.2 Å². The minimum Gasteiger partial charge on any atom is -0.497 e. The second-order valence-corrected chi connectivity index (χ2v) is 7.33. The zero-order valence-corrected chi connectivity index (χ0v) is 17.6. The lowest BCUT2D eigenvalue weighted by Gasteiger charge is -2.07. The molecular formula is C20H19N5O5S. The number of nitro benzene ring substituents is 1. The molecular weight excluding hydrogens is 422 g/mol. The van der Waals surface area contributed by atoms with Crippen LogP contribution in [0.5, 0.6) is 5.75 Å². The zero-order chi connectivity index (χ0) is 22.4. The smallest absolute Gasteiger partial charge is 0.270 e. The van der Waals surface area contributed by atoms with Crippen molar-refractivity contribution in [2.45, 2.75) is 11.7 Å². The molecule has 160 valence electrons. The SMILES string of the molecule is COc1ccc(C(=O)NCc2nnc(SCC(=O)c3cccc([N+](=O)[O-])c3)n2C)cc1. The van der Waals surface area contributed by atoms with Crippen LogP contribution in [0.2, 0.25) is 0 Å². The maximum atomic E-state index is 12.4. The molecule has 0 aliphatic heterocycles. The molecule has 1 amide bonds. The highest BCUT2D eigenvalue weighted by Gasteiger charge is 2.15. The summed E-state index contributed by atoms with van der Waals surface area (Å²) in [6.45, 7) is 0.160. The summed E-state index contributed by atoms with van der Waals surface area (Å²) < 4.78 is 6.75. The minimum absolute atomic E-state index is 0.0470. The third-order valence-corrected chi connectivity index (χ3v) is 5.42. The molecule has 0 spiro atoms. The van der Waals surface area contributed by atoms with E-state index in [0.29, 0.717) is 22.3 Å². The molecule has 0 unspecified atom stereocenters. The van der Waals surface area contributed by atoms with Crippen LogP contribution in [0.25, 0.3) is 0 Å². The number of methoxy groups -OCH3 is 1. The van der Waals surface area contributed by atoms with E-state index in [1.165, 1.54) is 24.3 Å². The second-order valence-electron chi connectivity index (χ2n) is 6.39. The van der Waals surface area contributed by atoms with Crippen LogP contribution in [0, 0.1) is 10.1 Å². The van der Waals surface area contributed by atoms with Crippen LogP contribution in [0.3, 0.4) is 0 Å². The molecule has 1 N–H and O–H groups in total. The maximum absolute atomic E-state index is 12.4. The molecule has 2 aromatic carbocycles. The molecule has 0 atom stereocenters. The van der Waals surface area contributed by atoms with Gasteiger partial charge < -0.3 is 14.6 Å². The molecule has 11 heteroatoms. The van der Waals surface area contributed by atoms with E-state index in [2.05, 4.69) is 15.5 Å². The summed E-state index contributed by atoms with van der Waals surface area (Å²) in [5.41, 5.74) is 0.611. The number of carbonyl (C=O) groups excluding carboxylic acids is 2. The Morgan fingerprint density at radius 3 is 2.58 bits per heavy atom. The second kappa shape index (κ2) is 9.85. The molecule has 0 aliphatic carbocycles. The predicted molar refractivity (Wildman–Crippen MR) is 113 cm³/mol. The molecule has 0 fully saturated rings. The van der Waals surface area contributed by atoms with E-state index in [1.807, 2.05) is 0 Å². The lowest BCUT2D eigenvalue weighted by atomic mass is 10.1. The molecule has 1 heterocycles. The Morgan fingerprint density at radius 2 is 1.90 bits per heavy atom. The van der Waals surface area contributed by atoms with E-state index in [1.54, 1.807) is 43.0 Å². The number of nitrogens with one attached hydrogen (secondary N) is 1. The van der Waals surface area contributed by atoms with Crippen LogP contribution in [-0.4, -0.2) is 44.2 Å². The quantitative estimate of drug-likeness (QED) is 0.232. The number of non-ortho nitro benzene ring substituents is 1. The van der Waals surface area contributed by atoms with E-state index in [4.69, 9.17) is 4.74 Å². The first-order valence-corrected chi connectivity index (χ1v) is 10.1. The fraction of sp³-hybridized carbons (Fsp3) is 0.200. The van der Waals surface area contributed by atoms with Crippen LogP contribution >= 0.6 is 11.8 Å². The van der Waals surface area contributed by atoms with Crippen molar-refractivity contribution in [1.82, 2.24) is 20.1 Å². The number of hydrogen-bond donors (Lipinski definition) is 1. The molecule has 10 nitrogen and oxygen atoms in total. The van der Waals surface area contributed by atoms with Gasteiger partial charge in [0.25, 0.3) is 11.6 Å². The van der Waals surface area contributed by atoms with Gasteiger partial charge in [-0.3, -0.25) is 19.7 Å². The third-order valence-electron chi connectivity index (χ3n) is 4.40. The van der Waals surface area contributed by atoms with Crippen molar-refractivity contribution in [3.63, 3.8) is 0 Å². The summed E-state index contributed by atoms with van der Waals surface area (Å²) in [5.74, 6) is 0.704. The molecule has 1 aromatic heterocycles. The van der Waals surface area contributed by atoms with E-state index >= 15 is 0 Å². The van der Waals surface area contributed by atoms with Crippen LogP contribution in [-0.2, 0) is 13.6 Å². The van der Waals surface area contributed by atoms with Crippen LogP contribution in [0.15, 0.2) is 53.7 Å². The number of nitro groups is 1. The van der Waals surface area contributed by atoms with Gasteiger partial charge in [0, 0.05) is 30.3 Å².